The largest absolute Gasteiger partial charge is 0.481 e. The van der Waals surface area contributed by atoms with Crippen molar-refractivity contribution in [3.8, 4) is 0 Å². The highest BCUT2D eigenvalue weighted by atomic mass is 16.6. The van der Waals surface area contributed by atoms with Gasteiger partial charge in [-0.2, -0.15) is 0 Å². The maximum atomic E-state index is 10.5. The first-order valence-corrected chi connectivity index (χ1v) is 9.68. The summed E-state index contributed by atoms with van der Waals surface area (Å²) < 4.78 is 5.54. The third-order valence-corrected chi connectivity index (χ3v) is 4.64. The molecular formula is C20H34O6. The van der Waals surface area contributed by atoms with E-state index >= 15 is 0 Å². The van der Waals surface area contributed by atoms with Gasteiger partial charge < -0.3 is 25.2 Å². The van der Waals surface area contributed by atoms with Crippen LogP contribution in [-0.4, -0.2) is 51.0 Å². The van der Waals surface area contributed by atoms with Crippen molar-refractivity contribution in [2.45, 2.75) is 89.3 Å². The lowest BCUT2D eigenvalue weighted by Crippen LogP contribution is -2.43. The Morgan fingerprint density at radius 3 is 2.69 bits per heavy atom. The zero-order valence-corrected chi connectivity index (χ0v) is 15.7. The van der Waals surface area contributed by atoms with Crippen LogP contribution in [0, 0.1) is 5.92 Å². The molecule has 0 aliphatic carbocycles. The van der Waals surface area contributed by atoms with Crippen molar-refractivity contribution in [3.05, 3.63) is 24.3 Å². The van der Waals surface area contributed by atoms with E-state index in [1.54, 1.807) is 12.2 Å². The summed E-state index contributed by atoms with van der Waals surface area (Å²) in [7, 11) is 0. The Labute approximate surface area is 156 Å². The van der Waals surface area contributed by atoms with Crippen molar-refractivity contribution in [2.24, 2.45) is 5.92 Å². The fraction of sp³-hybridized carbons (Fsp3) is 0.750. The zero-order valence-electron chi connectivity index (χ0n) is 15.7. The average Bonchev–Trinajstić information content (AvgIpc) is 2.57. The fourth-order valence-electron chi connectivity index (χ4n) is 3.10. The number of aliphatic hydroxyl groups excluding tert-OH is 3. The Bertz CT molecular complexity index is 448. The number of carboxylic acid groups (broad SMARTS) is 1. The predicted molar refractivity (Wildman–Crippen MR) is 99.5 cm³/mol. The molecule has 1 saturated heterocycles. The van der Waals surface area contributed by atoms with Crippen molar-refractivity contribution in [1.82, 2.24) is 0 Å². The number of aliphatic hydroxyl groups is 3. The van der Waals surface area contributed by atoms with Crippen LogP contribution in [0.25, 0.3) is 0 Å². The second-order valence-corrected chi connectivity index (χ2v) is 6.96. The molecule has 0 bridgehead atoms. The molecule has 0 spiro atoms. The van der Waals surface area contributed by atoms with Gasteiger partial charge in [0.05, 0.1) is 18.3 Å². The van der Waals surface area contributed by atoms with Crippen molar-refractivity contribution in [2.75, 3.05) is 0 Å². The highest BCUT2D eigenvalue weighted by Gasteiger charge is 2.35. The molecule has 1 rings (SSSR count). The smallest absolute Gasteiger partial charge is 0.303 e. The van der Waals surface area contributed by atoms with Crippen LogP contribution < -0.4 is 0 Å². The second-order valence-electron chi connectivity index (χ2n) is 6.96. The molecule has 1 heterocycles. The Kier molecular flexibility index (Phi) is 11.4. The average molecular weight is 370 g/mol. The van der Waals surface area contributed by atoms with Crippen LogP contribution in [0.5, 0.6) is 0 Å². The number of aliphatic carboxylic acids is 1. The summed E-state index contributed by atoms with van der Waals surface area (Å²) in [4.78, 5) is 10.5. The summed E-state index contributed by atoms with van der Waals surface area (Å²) in [5.41, 5.74) is 0. The van der Waals surface area contributed by atoms with E-state index in [1.165, 1.54) is 0 Å². The van der Waals surface area contributed by atoms with Gasteiger partial charge in [-0.3, -0.25) is 4.79 Å². The zero-order chi connectivity index (χ0) is 19.4. The molecule has 6 nitrogen and oxygen atoms in total. The minimum Gasteiger partial charge on any atom is -0.481 e. The lowest BCUT2D eigenvalue weighted by atomic mass is 9.87. The lowest BCUT2D eigenvalue weighted by molar-refractivity contribution is -0.199. The van der Waals surface area contributed by atoms with Crippen LogP contribution in [0.4, 0.5) is 0 Å². The Morgan fingerprint density at radius 2 is 2.00 bits per heavy atom. The number of ether oxygens (including phenoxy) is 1. The van der Waals surface area contributed by atoms with E-state index in [0.717, 1.165) is 19.3 Å². The van der Waals surface area contributed by atoms with E-state index in [0.29, 0.717) is 25.7 Å². The highest BCUT2D eigenvalue weighted by Crippen LogP contribution is 2.29. The van der Waals surface area contributed by atoms with E-state index in [9.17, 15) is 20.1 Å². The van der Waals surface area contributed by atoms with Gasteiger partial charge in [0.15, 0.2) is 6.29 Å². The molecule has 4 N–H and O–H groups in total. The fourth-order valence-corrected chi connectivity index (χ4v) is 3.10. The summed E-state index contributed by atoms with van der Waals surface area (Å²) in [5, 5.41) is 38.7. The van der Waals surface area contributed by atoms with Gasteiger partial charge >= 0.3 is 5.97 Å². The van der Waals surface area contributed by atoms with Crippen LogP contribution in [0.1, 0.15) is 64.7 Å². The van der Waals surface area contributed by atoms with Crippen molar-refractivity contribution in [3.63, 3.8) is 0 Å². The van der Waals surface area contributed by atoms with Gasteiger partial charge in [0.1, 0.15) is 0 Å². The summed E-state index contributed by atoms with van der Waals surface area (Å²) in [6.45, 7) is 2.11. The molecule has 0 aromatic heterocycles. The first-order valence-electron chi connectivity index (χ1n) is 9.68. The van der Waals surface area contributed by atoms with Crippen molar-refractivity contribution < 1.29 is 30.0 Å². The van der Waals surface area contributed by atoms with Crippen LogP contribution in [0.2, 0.25) is 0 Å². The van der Waals surface area contributed by atoms with Gasteiger partial charge in [-0.1, -0.05) is 50.5 Å². The molecule has 1 aliphatic heterocycles. The molecule has 1 unspecified atom stereocenters. The number of carboxylic acids is 1. The predicted octanol–water partition coefficient (Wildman–Crippen LogP) is 2.77. The first kappa shape index (κ1) is 22.8. The summed E-state index contributed by atoms with van der Waals surface area (Å²) >= 11 is 0. The minimum atomic E-state index is -1.01. The number of rotatable bonds is 12. The molecule has 0 radical (unpaired) electrons. The minimum absolute atomic E-state index is 0.146. The van der Waals surface area contributed by atoms with Gasteiger partial charge in [-0.25, -0.2) is 0 Å². The third-order valence-electron chi connectivity index (χ3n) is 4.64. The first-order chi connectivity index (χ1) is 12.4. The standard InChI is InChI=1S/C20H34O6/c1-2-3-6-9-15(21)12-13-18-16(17(22)14-20(25)26-18)10-7-4-5-8-11-19(23)24/h4,7,12-13,15-18,20-22,25H,2-3,5-6,8-11,14H2,1H3,(H,23,24)/b7-4+,13-12?/t15-,16-,17-,18+,20?/m0/s1. The molecule has 26 heavy (non-hydrogen) atoms. The lowest BCUT2D eigenvalue weighted by Gasteiger charge is -2.36. The summed E-state index contributed by atoms with van der Waals surface area (Å²) in [6.07, 6.45) is 10.5. The monoisotopic (exact) mass is 370 g/mol. The number of hydrogen-bond donors (Lipinski definition) is 4. The van der Waals surface area contributed by atoms with Gasteiger partial charge in [0, 0.05) is 18.8 Å². The molecule has 0 saturated carbocycles. The van der Waals surface area contributed by atoms with E-state index in [2.05, 4.69) is 6.92 Å². The normalized spacial score (nSPS) is 28.0. The van der Waals surface area contributed by atoms with E-state index in [-0.39, 0.29) is 18.8 Å². The Hall–Kier alpha value is -1.21. The summed E-state index contributed by atoms with van der Waals surface area (Å²) in [5.74, 6) is -1.00. The number of allylic oxidation sites excluding steroid dienone is 2. The molecule has 1 fully saturated rings. The molecule has 0 amide bonds. The highest BCUT2D eigenvalue weighted by molar-refractivity contribution is 5.66. The van der Waals surface area contributed by atoms with Gasteiger partial charge in [0.2, 0.25) is 0 Å². The molecular weight excluding hydrogens is 336 g/mol. The topological polar surface area (TPSA) is 107 Å². The maximum absolute atomic E-state index is 10.5. The Morgan fingerprint density at radius 1 is 1.23 bits per heavy atom. The van der Waals surface area contributed by atoms with Crippen molar-refractivity contribution >= 4 is 5.97 Å². The van der Waals surface area contributed by atoms with Crippen molar-refractivity contribution in [1.29, 1.82) is 0 Å². The number of hydrogen-bond acceptors (Lipinski definition) is 5. The van der Waals surface area contributed by atoms with E-state index in [4.69, 9.17) is 9.84 Å². The number of carbonyl (C=O) groups is 1. The second kappa shape index (κ2) is 13.0. The molecule has 5 atom stereocenters. The maximum Gasteiger partial charge on any atom is 0.303 e. The molecule has 0 aromatic carbocycles. The molecule has 6 heteroatoms. The SMILES string of the molecule is CCCCC[C@H](O)C=C[C@H]1OC(O)C[C@H](O)[C@@H]1C/C=C/CCCC(=O)O. The van der Waals surface area contributed by atoms with E-state index < -0.39 is 30.6 Å². The molecule has 1 aliphatic rings. The van der Waals surface area contributed by atoms with Crippen LogP contribution in [0.15, 0.2) is 24.3 Å². The van der Waals surface area contributed by atoms with Gasteiger partial charge in [0.25, 0.3) is 0 Å². The van der Waals surface area contributed by atoms with Crippen LogP contribution >= 0.6 is 0 Å². The third kappa shape index (κ3) is 9.48. The van der Waals surface area contributed by atoms with Gasteiger partial charge in [-0.15, -0.1) is 0 Å². The van der Waals surface area contributed by atoms with E-state index in [1.807, 2.05) is 12.2 Å². The van der Waals surface area contributed by atoms with Crippen LogP contribution in [-0.2, 0) is 9.53 Å². The Balaban J connectivity index is 2.52. The molecule has 0 aromatic rings. The summed E-state index contributed by atoms with van der Waals surface area (Å²) in [6, 6.07) is 0. The quantitative estimate of drug-likeness (QED) is 0.311. The van der Waals surface area contributed by atoms with Gasteiger partial charge in [-0.05, 0) is 25.7 Å². The van der Waals surface area contributed by atoms with Crippen LogP contribution in [0.3, 0.4) is 0 Å². The number of unbranched alkanes of at least 4 members (excludes halogenated alkanes) is 3. The molecule has 150 valence electrons.